The fourth-order valence-electron chi connectivity index (χ4n) is 2.13. The summed E-state index contributed by atoms with van der Waals surface area (Å²) in [5.74, 6) is -3.77. The lowest BCUT2D eigenvalue weighted by Gasteiger charge is -2.35. The average Bonchev–Trinajstić information content (AvgIpc) is 2.74. The highest BCUT2D eigenvalue weighted by Gasteiger charge is 2.58. The first-order valence-electron chi connectivity index (χ1n) is 6.32. The fraction of sp³-hybridized carbons (Fsp3) is 0.429. The summed E-state index contributed by atoms with van der Waals surface area (Å²) >= 11 is 0. The predicted molar refractivity (Wildman–Crippen MR) is 72.5 cm³/mol. The van der Waals surface area contributed by atoms with E-state index in [1.807, 2.05) is 0 Å². The second-order valence-electron chi connectivity index (χ2n) is 5.06. The highest BCUT2D eigenvalue weighted by atomic mass is 19.3. The van der Waals surface area contributed by atoms with Gasteiger partial charge >= 0.3 is 0 Å². The molecule has 0 saturated heterocycles. The number of nitrogens with zero attached hydrogens (tertiary/aromatic N) is 2. The van der Waals surface area contributed by atoms with Crippen molar-refractivity contribution in [2.45, 2.75) is 31.9 Å². The van der Waals surface area contributed by atoms with Crippen molar-refractivity contribution in [1.82, 2.24) is 5.01 Å². The van der Waals surface area contributed by atoms with Crippen molar-refractivity contribution in [2.24, 2.45) is 5.10 Å². The van der Waals surface area contributed by atoms with E-state index in [0.29, 0.717) is 17.7 Å². The molecule has 0 fully saturated rings. The number of hydrogen-bond donors (Lipinski definition) is 1. The number of carbonyl (C=O) groups excluding carboxylic acids is 1. The summed E-state index contributed by atoms with van der Waals surface area (Å²) < 4.78 is 32.4. The van der Waals surface area contributed by atoms with Gasteiger partial charge in [-0.05, 0) is 31.2 Å². The highest BCUT2D eigenvalue weighted by molar-refractivity contribution is 5.98. The number of ether oxygens (including phenoxy) is 1. The Morgan fingerprint density at radius 1 is 1.43 bits per heavy atom. The van der Waals surface area contributed by atoms with Crippen LogP contribution in [0.15, 0.2) is 29.4 Å². The number of alkyl halides is 2. The van der Waals surface area contributed by atoms with Gasteiger partial charge in [0.2, 0.25) is 5.72 Å². The molecule has 2 rings (SSSR count). The van der Waals surface area contributed by atoms with Gasteiger partial charge in [-0.2, -0.15) is 10.1 Å². The number of hydrazone groups is 1. The van der Waals surface area contributed by atoms with E-state index in [0.717, 1.165) is 0 Å². The minimum Gasteiger partial charge on any atom is -0.497 e. The number of hydrogen-bond acceptors (Lipinski definition) is 4. The quantitative estimate of drug-likeness (QED) is 0.931. The lowest BCUT2D eigenvalue weighted by Crippen LogP contribution is -2.57. The average molecular weight is 298 g/mol. The molecular weight excluding hydrogens is 282 g/mol. The summed E-state index contributed by atoms with van der Waals surface area (Å²) in [6, 6.07) is 5.92. The fourth-order valence-corrected chi connectivity index (χ4v) is 2.13. The lowest BCUT2D eigenvalue weighted by molar-refractivity contribution is -0.222. The van der Waals surface area contributed by atoms with Crippen molar-refractivity contribution in [3.63, 3.8) is 0 Å². The summed E-state index contributed by atoms with van der Waals surface area (Å²) in [4.78, 5) is 12.3. The number of methoxy groups -OCH3 is 1. The third-order valence-corrected chi connectivity index (χ3v) is 3.36. The summed E-state index contributed by atoms with van der Waals surface area (Å²) in [5.41, 5.74) is -2.24. The van der Waals surface area contributed by atoms with Gasteiger partial charge in [-0.25, -0.2) is 8.78 Å². The first kappa shape index (κ1) is 15.4. The Morgan fingerprint density at radius 2 is 2.00 bits per heavy atom. The molecule has 1 heterocycles. The third kappa shape index (κ3) is 2.61. The number of carbonyl (C=O) groups is 1. The second-order valence-corrected chi connectivity index (χ2v) is 5.06. The van der Waals surface area contributed by atoms with Crippen LogP contribution >= 0.6 is 0 Å². The van der Waals surface area contributed by atoms with Gasteiger partial charge in [0.05, 0.1) is 7.11 Å². The van der Waals surface area contributed by atoms with Gasteiger partial charge in [0.25, 0.3) is 11.8 Å². The van der Waals surface area contributed by atoms with Gasteiger partial charge in [0.15, 0.2) is 0 Å². The van der Waals surface area contributed by atoms with Crippen LogP contribution in [0.4, 0.5) is 8.78 Å². The van der Waals surface area contributed by atoms with E-state index in [2.05, 4.69) is 5.10 Å². The molecule has 1 aliphatic heterocycles. The molecule has 0 radical (unpaired) electrons. The Morgan fingerprint density at radius 3 is 2.48 bits per heavy atom. The monoisotopic (exact) mass is 298 g/mol. The van der Waals surface area contributed by atoms with Crippen molar-refractivity contribution in [3.05, 3.63) is 29.8 Å². The molecule has 0 spiro atoms. The molecule has 114 valence electrons. The number of amides is 1. The first-order chi connectivity index (χ1) is 9.69. The molecule has 1 aliphatic rings. The van der Waals surface area contributed by atoms with E-state index >= 15 is 0 Å². The molecule has 0 unspecified atom stereocenters. The molecule has 1 aromatic carbocycles. The van der Waals surface area contributed by atoms with Gasteiger partial charge in [0, 0.05) is 24.6 Å². The smallest absolute Gasteiger partial charge is 0.294 e. The van der Waals surface area contributed by atoms with Crippen LogP contribution in [-0.2, 0) is 0 Å². The van der Waals surface area contributed by atoms with Crippen LogP contribution in [0.3, 0.4) is 0 Å². The molecular formula is C14H16F2N2O3. The Balaban J connectivity index is 2.35. The zero-order valence-electron chi connectivity index (χ0n) is 11.9. The van der Waals surface area contributed by atoms with Crippen LogP contribution in [0.5, 0.6) is 5.75 Å². The molecule has 7 heteroatoms. The zero-order valence-corrected chi connectivity index (χ0v) is 11.9. The molecule has 1 N–H and O–H groups in total. The Labute approximate surface area is 120 Å². The van der Waals surface area contributed by atoms with E-state index in [1.165, 1.54) is 38.3 Å². The Hall–Kier alpha value is -2.02. The summed E-state index contributed by atoms with van der Waals surface area (Å²) in [7, 11) is 1.47. The minimum atomic E-state index is -3.50. The highest BCUT2D eigenvalue weighted by Crippen LogP contribution is 2.39. The topological polar surface area (TPSA) is 62.1 Å². The van der Waals surface area contributed by atoms with Gasteiger partial charge in [-0.3, -0.25) is 4.79 Å². The van der Waals surface area contributed by atoms with Crippen LogP contribution in [-0.4, -0.2) is 40.5 Å². The van der Waals surface area contributed by atoms with E-state index in [9.17, 15) is 18.7 Å². The van der Waals surface area contributed by atoms with Crippen molar-refractivity contribution >= 4 is 11.6 Å². The van der Waals surface area contributed by atoms with Crippen LogP contribution in [0, 0.1) is 0 Å². The zero-order chi connectivity index (χ0) is 15.8. The van der Waals surface area contributed by atoms with Crippen LogP contribution < -0.4 is 4.74 Å². The second kappa shape index (κ2) is 5.07. The molecule has 1 amide bonds. The predicted octanol–water partition coefficient (Wildman–Crippen LogP) is 2.26. The van der Waals surface area contributed by atoms with Crippen molar-refractivity contribution in [3.8, 4) is 5.75 Å². The summed E-state index contributed by atoms with van der Waals surface area (Å²) in [6.07, 6.45) is -0.390. The van der Waals surface area contributed by atoms with E-state index in [4.69, 9.17) is 4.74 Å². The van der Waals surface area contributed by atoms with Crippen molar-refractivity contribution in [2.75, 3.05) is 7.11 Å². The van der Waals surface area contributed by atoms with Gasteiger partial charge in [0.1, 0.15) is 5.75 Å². The molecule has 0 aliphatic carbocycles. The van der Waals surface area contributed by atoms with Crippen LogP contribution in [0.2, 0.25) is 0 Å². The summed E-state index contributed by atoms with van der Waals surface area (Å²) in [5, 5.41) is 14.4. The van der Waals surface area contributed by atoms with Gasteiger partial charge in [-0.1, -0.05) is 0 Å². The van der Waals surface area contributed by atoms with Crippen LogP contribution in [0.1, 0.15) is 30.6 Å². The number of aliphatic hydroxyl groups is 1. The van der Waals surface area contributed by atoms with Crippen molar-refractivity contribution in [1.29, 1.82) is 0 Å². The van der Waals surface area contributed by atoms with E-state index in [-0.39, 0.29) is 11.3 Å². The van der Waals surface area contributed by atoms with Crippen molar-refractivity contribution < 1.29 is 23.4 Å². The Kier molecular flexibility index (Phi) is 3.71. The first-order valence-corrected chi connectivity index (χ1v) is 6.32. The van der Waals surface area contributed by atoms with Gasteiger partial charge in [-0.15, -0.1) is 0 Å². The minimum absolute atomic E-state index is 0.136. The molecule has 0 aromatic heterocycles. The maximum absolute atomic E-state index is 13.7. The normalized spacial score (nSPS) is 22.2. The SMILES string of the molecule is COc1ccc(C(=O)N2N=C(C)C[C@@]2(O)C(C)(F)F)cc1. The number of halogens is 2. The molecule has 0 saturated carbocycles. The Bertz CT molecular complexity index is 581. The van der Waals surface area contributed by atoms with Gasteiger partial charge < -0.3 is 9.84 Å². The number of benzene rings is 1. The maximum Gasteiger partial charge on any atom is 0.294 e. The standard InChI is InChI=1S/C14H16F2N2O3/c1-9-8-14(20,13(2,15)16)18(17-9)12(19)10-4-6-11(21-3)7-5-10/h4-7,20H,8H2,1-3H3/t14-/m1/s1. The van der Waals surface area contributed by atoms with E-state index in [1.54, 1.807) is 0 Å². The lowest BCUT2D eigenvalue weighted by atomic mass is 10.0. The molecule has 1 atom stereocenters. The van der Waals surface area contributed by atoms with Crippen LogP contribution in [0.25, 0.3) is 0 Å². The molecule has 21 heavy (non-hydrogen) atoms. The largest absolute Gasteiger partial charge is 0.497 e. The maximum atomic E-state index is 13.7. The number of rotatable bonds is 3. The molecule has 5 nitrogen and oxygen atoms in total. The molecule has 0 bridgehead atoms. The molecule has 1 aromatic rings. The third-order valence-electron chi connectivity index (χ3n) is 3.36. The summed E-state index contributed by atoms with van der Waals surface area (Å²) in [6.45, 7) is 2.05. The van der Waals surface area contributed by atoms with E-state index < -0.39 is 24.0 Å².